The van der Waals surface area contributed by atoms with Gasteiger partial charge in [-0.05, 0) is 55.8 Å². The third-order valence-corrected chi connectivity index (χ3v) is 3.60. The lowest BCUT2D eigenvalue weighted by atomic mass is 10.2. The van der Waals surface area contributed by atoms with E-state index in [0.717, 1.165) is 6.29 Å². The Bertz CT molecular complexity index is 770. The third-order valence-electron chi connectivity index (χ3n) is 3.60. The number of amides is 1. The third kappa shape index (κ3) is 5.17. The van der Waals surface area contributed by atoms with Crippen molar-refractivity contribution in [3.8, 4) is 5.75 Å². The Kier molecular flexibility index (Phi) is 6.91. The van der Waals surface area contributed by atoms with E-state index in [1.807, 2.05) is 6.92 Å². The maximum Gasteiger partial charge on any atom is 0.338 e. The summed E-state index contributed by atoms with van der Waals surface area (Å²) in [5, 5.41) is 2.75. The fraction of sp³-hybridized carbons (Fsp3) is 0.250. The zero-order valence-electron chi connectivity index (χ0n) is 14.7. The summed E-state index contributed by atoms with van der Waals surface area (Å²) in [7, 11) is 0. The Labute approximate surface area is 152 Å². The number of ether oxygens (including phenoxy) is 2. The Balaban J connectivity index is 2.05. The van der Waals surface area contributed by atoms with Crippen LogP contribution in [0.3, 0.4) is 0 Å². The topological polar surface area (TPSA) is 81.7 Å². The number of nitrogens with one attached hydrogen (secondary N) is 1. The molecule has 1 N–H and O–H groups in total. The molecule has 6 nitrogen and oxygen atoms in total. The molecule has 1 atom stereocenters. The van der Waals surface area contributed by atoms with Gasteiger partial charge in [0, 0.05) is 11.3 Å². The molecule has 0 fully saturated rings. The number of benzene rings is 2. The van der Waals surface area contributed by atoms with Crippen LogP contribution in [0.25, 0.3) is 0 Å². The smallest absolute Gasteiger partial charge is 0.338 e. The summed E-state index contributed by atoms with van der Waals surface area (Å²) >= 11 is 0. The number of aldehydes is 1. The van der Waals surface area contributed by atoms with Crippen LogP contribution in [-0.4, -0.2) is 30.9 Å². The molecule has 0 saturated carbocycles. The molecule has 0 heterocycles. The molecule has 2 aromatic carbocycles. The molecule has 2 rings (SSSR count). The predicted molar refractivity (Wildman–Crippen MR) is 97.6 cm³/mol. The number of rotatable bonds is 8. The molecule has 0 radical (unpaired) electrons. The first kappa shape index (κ1) is 19.2. The summed E-state index contributed by atoms with van der Waals surface area (Å²) in [5.74, 6) is -0.270. The van der Waals surface area contributed by atoms with Crippen LogP contribution in [0.15, 0.2) is 48.5 Å². The zero-order chi connectivity index (χ0) is 18.9. The van der Waals surface area contributed by atoms with Crippen LogP contribution >= 0.6 is 0 Å². The van der Waals surface area contributed by atoms with Crippen LogP contribution in [0.5, 0.6) is 5.75 Å². The van der Waals surface area contributed by atoms with Gasteiger partial charge in [0.1, 0.15) is 12.0 Å². The largest absolute Gasteiger partial charge is 0.481 e. The minimum atomic E-state index is -0.705. The number of anilines is 1. The van der Waals surface area contributed by atoms with E-state index in [0.29, 0.717) is 29.0 Å². The number of carbonyl (C=O) groups excluding carboxylic acids is 3. The van der Waals surface area contributed by atoms with Crippen LogP contribution in [0.4, 0.5) is 5.69 Å². The first-order valence-electron chi connectivity index (χ1n) is 8.37. The van der Waals surface area contributed by atoms with E-state index in [1.165, 1.54) is 0 Å². The molecule has 6 heteroatoms. The van der Waals surface area contributed by atoms with Crippen molar-refractivity contribution in [1.82, 2.24) is 0 Å². The van der Waals surface area contributed by atoms with Crippen LogP contribution in [-0.2, 0) is 9.53 Å². The summed E-state index contributed by atoms with van der Waals surface area (Å²) in [4.78, 5) is 34.9. The van der Waals surface area contributed by atoms with Gasteiger partial charge in [0.15, 0.2) is 6.10 Å². The molecule has 1 amide bonds. The predicted octanol–water partition coefficient (Wildman–Crippen LogP) is 3.47. The number of hydrogen-bond acceptors (Lipinski definition) is 5. The van der Waals surface area contributed by atoms with Crippen molar-refractivity contribution in [2.75, 3.05) is 11.9 Å². The Hall–Kier alpha value is -3.15. The van der Waals surface area contributed by atoms with Gasteiger partial charge >= 0.3 is 5.97 Å². The summed E-state index contributed by atoms with van der Waals surface area (Å²) in [5.41, 5.74) is 1.38. The average molecular weight is 355 g/mol. The molecule has 0 aromatic heterocycles. The normalized spacial score (nSPS) is 11.3. The quantitative estimate of drug-likeness (QED) is 0.579. The number of carbonyl (C=O) groups is 3. The fourth-order valence-electron chi connectivity index (χ4n) is 2.27. The van der Waals surface area contributed by atoms with Crippen molar-refractivity contribution in [1.29, 1.82) is 0 Å². The second-order valence-corrected chi connectivity index (χ2v) is 5.49. The fourth-order valence-corrected chi connectivity index (χ4v) is 2.27. The molecule has 0 spiro atoms. The molecule has 0 aliphatic rings. The molecule has 0 bridgehead atoms. The van der Waals surface area contributed by atoms with Crippen LogP contribution < -0.4 is 10.1 Å². The van der Waals surface area contributed by atoms with Crippen molar-refractivity contribution in [2.45, 2.75) is 26.4 Å². The van der Waals surface area contributed by atoms with E-state index in [4.69, 9.17) is 9.47 Å². The van der Waals surface area contributed by atoms with Gasteiger partial charge in [-0.15, -0.1) is 0 Å². The zero-order valence-corrected chi connectivity index (χ0v) is 14.7. The highest BCUT2D eigenvalue weighted by atomic mass is 16.5. The molecule has 1 unspecified atom stereocenters. The van der Waals surface area contributed by atoms with Crippen molar-refractivity contribution in [3.05, 3.63) is 59.7 Å². The standard InChI is InChI=1S/C20H21NO5/c1-3-18(26-17-10-8-14(13-22)9-11-17)19(23)21-16-7-5-6-15(12-16)20(24)25-4-2/h5-13,18H,3-4H2,1-2H3,(H,21,23). The monoisotopic (exact) mass is 355 g/mol. The molecular weight excluding hydrogens is 334 g/mol. The van der Waals surface area contributed by atoms with E-state index in [2.05, 4.69) is 5.32 Å². The molecule has 0 aliphatic carbocycles. The van der Waals surface area contributed by atoms with Gasteiger partial charge in [-0.3, -0.25) is 9.59 Å². The van der Waals surface area contributed by atoms with Crippen LogP contribution in [0.2, 0.25) is 0 Å². The SMILES string of the molecule is CCOC(=O)c1cccc(NC(=O)C(CC)Oc2ccc(C=O)cc2)c1. The van der Waals surface area contributed by atoms with Gasteiger partial charge < -0.3 is 14.8 Å². The van der Waals surface area contributed by atoms with E-state index in [1.54, 1.807) is 55.5 Å². The summed E-state index contributed by atoms with van der Waals surface area (Å²) in [6, 6.07) is 13.1. The lowest BCUT2D eigenvalue weighted by Gasteiger charge is -2.17. The lowest BCUT2D eigenvalue weighted by Crippen LogP contribution is -2.32. The Morgan fingerprint density at radius 1 is 1.12 bits per heavy atom. The van der Waals surface area contributed by atoms with Gasteiger partial charge in [0.05, 0.1) is 12.2 Å². The molecule has 26 heavy (non-hydrogen) atoms. The van der Waals surface area contributed by atoms with Gasteiger partial charge in [-0.1, -0.05) is 13.0 Å². The molecular formula is C20H21NO5. The van der Waals surface area contributed by atoms with E-state index in [-0.39, 0.29) is 12.5 Å². The van der Waals surface area contributed by atoms with Gasteiger partial charge in [-0.2, -0.15) is 0 Å². The van der Waals surface area contributed by atoms with Crippen LogP contribution in [0.1, 0.15) is 41.0 Å². The van der Waals surface area contributed by atoms with Crippen LogP contribution in [0, 0.1) is 0 Å². The maximum atomic E-state index is 12.5. The molecule has 0 saturated heterocycles. The highest BCUT2D eigenvalue weighted by Crippen LogP contribution is 2.17. The summed E-state index contributed by atoms with van der Waals surface area (Å²) < 4.78 is 10.6. The Morgan fingerprint density at radius 2 is 1.85 bits per heavy atom. The van der Waals surface area contributed by atoms with E-state index < -0.39 is 12.1 Å². The minimum absolute atomic E-state index is 0.282. The average Bonchev–Trinajstić information content (AvgIpc) is 2.67. The molecule has 2 aromatic rings. The first-order chi connectivity index (χ1) is 12.6. The van der Waals surface area contributed by atoms with Gasteiger partial charge in [-0.25, -0.2) is 4.79 Å². The van der Waals surface area contributed by atoms with Gasteiger partial charge in [0.25, 0.3) is 5.91 Å². The first-order valence-corrected chi connectivity index (χ1v) is 8.37. The lowest BCUT2D eigenvalue weighted by molar-refractivity contribution is -0.122. The van der Waals surface area contributed by atoms with E-state index in [9.17, 15) is 14.4 Å². The Morgan fingerprint density at radius 3 is 2.46 bits per heavy atom. The molecule has 136 valence electrons. The maximum absolute atomic E-state index is 12.5. The highest BCUT2D eigenvalue weighted by Gasteiger charge is 2.19. The van der Waals surface area contributed by atoms with E-state index >= 15 is 0 Å². The van der Waals surface area contributed by atoms with Crippen molar-refractivity contribution < 1.29 is 23.9 Å². The van der Waals surface area contributed by atoms with Gasteiger partial charge in [0.2, 0.25) is 0 Å². The van der Waals surface area contributed by atoms with Crippen molar-refractivity contribution in [2.24, 2.45) is 0 Å². The minimum Gasteiger partial charge on any atom is -0.481 e. The second kappa shape index (κ2) is 9.36. The molecule has 0 aliphatic heterocycles. The second-order valence-electron chi connectivity index (χ2n) is 5.49. The summed E-state index contributed by atoms with van der Waals surface area (Å²) in [6.07, 6.45) is 0.492. The van der Waals surface area contributed by atoms with Crippen molar-refractivity contribution >= 4 is 23.9 Å². The number of esters is 1. The highest BCUT2D eigenvalue weighted by molar-refractivity contribution is 5.96. The van der Waals surface area contributed by atoms with Crippen molar-refractivity contribution in [3.63, 3.8) is 0 Å². The number of hydrogen-bond donors (Lipinski definition) is 1. The summed E-state index contributed by atoms with van der Waals surface area (Å²) in [6.45, 7) is 3.84.